The van der Waals surface area contributed by atoms with Crippen LogP contribution in [0.15, 0.2) is 24.3 Å². The zero-order valence-corrected chi connectivity index (χ0v) is 11.7. The zero-order chi connectivity index (χ0) is 14.5. The van der Waals surface area contributed by atoms with Crippen molar-refractivity contribution in [2.45, 2.75) is 18.9 Å². The Labute approximate surface area is 122 Å². The summed E-state index contributed by atoms with van der Waals surface area (Å²) in [5.74, 6) is -0.637. The van der Waals surface area contributed by atoms with E-state index in [1.165, 1.54) is 0 Å². The van der Waals surface area contributed by atoms with Gasteiger partial charge in [0.15, 0.2) is 0 Å². The Hall–Kier alpha value is -1.59. The number of benzene rings is 1. The first-order chi connectivity index (χ1) is 9.60. The molecule has 0 bridgehead atoms. The van der Waals surface area contributed by atoms with Crippen molar-refractivity contribution in [3.63, 3.8) is 0 Å². The molecule has 1 saturated heterocycles. The highest BCUT2D eigenvalue weighted by molar-refractivity contribution is 6.30. The van der Waals surface area contributed by atoms with Crippen LogP contribution in [-0.4, -0.2) is 30.1 Å². The van der Waals surface area contributed by atoms with Crippen LogP contribution in [0.5, 0.6) is 0 Å². The monoisotopic (exact) mass is 296 g/mol. The quantitative estimate of drug-likeness (QED) is 0.776. The molecule has 0 radical (unpaired) electrons. The van der Waals surface area contributed by atoms with Gasteiger partial charge in [0.2, 0.25) is 11.8 Å². The molecule has 2 rings (SSSR count). The molecule has 20 heavy (non-hydrogen) atoms. The first-order valence-electron chi connectivity index (χ1n) is 6.53. The maximum absolute atomic E-state index is 12.1. The number of amides is 2. The van der Waals surface area contributed by atoms with Crippen molar-refractivity contribution in [3.05, 3.63) is 34.9 Å². The molecule has 2 unspecified atom stereocenters. The maximum Gasteiger partial charge on any atom is 0.224 e. The molecule has 1 aliphatic heterocycles. The molecule has 1 aromatic carbocycles. The molecule has 5 nitrogen and oxygen atoms in total. The van der Waals surface area contributed by atoms with E-state index in [-0.39, 0.29) is 30.8 Å². The molecule has 0 saturated carbocycles. The summed E-state index contributed by atoms with van der Waals surface area (Å²) >= 11 is 5.81. The number of carbonyl (C=O) groups excluding carboxylic acids is 2. The molecule has 2 atom stereocenters. The third-order valence-corrected chi connectivity index (χ3v) is 3.64. The topological polar surface area (TPSA) is 78.4 Å². The summed E-state index contributed by atoms with van der Waals surface area (Å²) in [6.07, 6.45) is 0.820. The number of aliphatic hydroxyl groups is 1. The molecule has 108 valence electrons. The van der Waals surface area contributed by atoms with Crippen LogP contribution >= 0.6 is 11.6 Å². The number of aliphatic hydroxyl groups excluding tert-OH is 1. The van der Waals surface area contributed by atoms with Gasteiger partial charge in [-0.2, -0.15) is 0 Å². The molecule has 1 aromatic rings. The van der Waals surface area contributed by atoms with E-state index in [0.29, 0.717) is 18.0 Å². The molecule has 0 aliphatic carbocycles. The number of rotatable bonds is 4. The minimum Gasteiger partial charge on any atom is -0.394 e. The maximum atomic E-state index is 12.1. The van der Waals surface area contributed by atoms with Crippen molar-refractivity contribution in [2.75, 3.05) is 13.2 Å². The highest BCUT2D eigenvalue weighted by Gasteiger charge is 2.27. The van der Waals surface area contributed by atoms with Crippen LogP contribution < -0.4 is 10.6 Å². The average Bonchev–Trinajstić information content (AvgIpc) is 2.45. The first kappa shape index (κ1) is 14.8. The van der Waals surface area contributed by atoms with Crippen LogP contribution in [0.2, 0.25) is 5.02 Å². The number of hydrogen-bond donors (Lipinski definition) is 3. The smallest absolute Gasteiger partial charge is 0.224 e. The molecule has 6 heteroatoms. The van der Waals surface area contributed by atoms with Crippen molar-refractivity contribution >= 4 is 23.4 Å². The summed E-state index contributed by atoms with van der Waals surface area (Å²) in [6, 6.07) is 6.46. The Morgan fingerprint density at radius 2 is 2.15 bits per heavy atom. The summed E-state index contributed by atoms with van der Waals surface area (Å²) in [6.45, 7) is 0.313. The van der Waals surface area contributed by atoms with E-state index in [2.05, 4.69) is 10.6 Å². The summed E-state index contributed by atoms with van der Waals surface area (Å²) in [5, 5.41) is 15.5. The number of carbonyl (C=O) groups is 2. The van der Waals surface area contributed by atoms with E-state index in [1.807, 2.05) is 0 Å². The predicted molar refractivity (Wildman–Crippen MR) is 75.2 cm³/mol. The van der Waals surface area contributed by atoms with Crippen molar-refractivity contribution in [2.24, 2.45) is 5.92 Å². The lowest BCUT2D eigenvalue weighted by Crippen LogP contribution is -2.42. The largest absolute Gasteiger partial charge is 0.394 e. The van der Waals surface area contributed by atoms with Gasteiger partial charge in [-0.15, -0.1) is 0 Å². The van der Waals surface area contributed by atoms with Crippen LogP contribution in [0, 0.1) is 5.92 Å². The molecule has 1 fully saturated rings. The number of nitrogens with one attached hydrogen (secondary N) is 2. The van der Waals surface area contributed by atoms with Gasteiger partial charge in [-0.1, -0.05) is 23.7 Å². The molecule has 0 aromatic heterocycles. The summed E-state index contributed by atoms with van der Waals surface area (Å²) in [4.78, 5) is 23.4. The Balaban J connectivity index is 2.00. The fourth-order valence-electron chi connectivity index (χ4n) is 2.23. The third kappa shape index (κ3) is 3.71. The fraction of sp³-hybridized carbons (Fsp3) is 0.429. The lowest BCUT2D eigenvalue weighted by molar-refractivity contribution is -0.133. The molecule has 0 spiro atoms. The van der Waals surface area contributed by atoms with Crippen molar-refractivity contribution in [1.29, 1.82) is 0 Å². The third-order valence-electron chi connectivity index (χ3n) is 3.39. The summed E-state index contributed by atoms with van der Waals surface area (Å²) in [7, 11) is 0. The standard InChI is InChI=1S/C14H17ClN2O3/c15-11-3-1-9(2-4-11)12(8-18)17-14(20)10-5-6-16-13(19)7-10/h1-4,10,12,18H,5-8H2,(H,16,19)(H,17,20). The summed E-state index contributed by atoms with van der Waals surface area (Å²) in [5.41, 5.74) is 0.783. The number of halogens is 1. The molecule has 3 N–H and O–H groups in total. The second-order valence-corrected chi connectivity index (χ2v) is 5.27. The van der Waals surface area contributed by atoms with E-state index >= 15 is 0 Å². The van der Waals surface area contributed by atoms with Gasteiger partial charge < -0.3 is 15.7 Å². The SMILES string of the molecule is O=C1CC(C(=O)NC(CO)c2ccc(Cl)cc2)CCN1. The second-order valence-electron chi connectivity index (χ2n) is 4.83. The predicted octanol–water partition coefficient (Wildman–Crippen LogP) is 1.02. The molecule has 1 aliphatic rings. The fourth-order valence-corrected chi connectivity index (χ4v) is 2.35. The van der Waals surface area contributed by atoms with E-state index in [1.54, 1.807) is 24.3 Å². The Morgan fingerprint density at radius 3 is 2.75 bits per heavy atom. The van der Waals surface area contributed by atoms with Crippen molar-refractivity contribution in [1.82, 2.24) is 10.6 Å². The van der Waals surface area contributed by atoms with Gasteiger partial charge in [0.05, 0.1) is 12.6 Å². The second kappa shape index (κ2) is 6.72. The van der Waals surface area contributed by atoms with E-state index in [0.717, 1.165) is 5.56 Å². The van der Waals surface area contributed by atoms with Crippen molar-refractivity contribution in [3.8, 4) is 0 Å². The highest BCUT2D eigenvalue weighted by Crippen LogP contribution is 2.19. The van der Waals surface area contributed by atoms with Crippen LogP contribution in [-0.2, 0) is 9.59 Å². The molecular formula is C14H17ClN2O3. The first-order valence-corrected chi connectivity index (χ1v) is 6.91. The van der Waals surface area contributed by atoms with E-state index < -0.39 is 6.04 Å². The normalized spacial score (nSPS) is 20.1. The number of piperidine rings is 1. The van der Waals surface area contributed by atoms with Gasteiger partial charge in [0.1, 0.15) is 0 Å². The van der Waals surface area contributed by atoms with Crippen LogP contribution in [0.25, 0.3) is 0 Å². The minimum absolute atomic E-state index is 0.108. The summed E-state index contributed by atoms with van der Waals surface area (Å²) < 4.78 is 0. The van der Waals surface area contributed by atoms with Crippen molar-refractivity contribution < 1.29 is 14.7 Å². The molecule has 2 amide bonds. The zero-order valence-electron chi connectivity index (χ0n) is 10.9. The Morgan fingerprint density at radius 1 is 1.45 bits per heavy atom. The average molecular weight is 297 g/mol. The van der Waals surface area contributed by atoms with Gasteiger partial charge >= 0.3 is 0 Å². The van der Waals surface area contributed by atoms with E-state index in [4.69, 9.17) is 11.6 Å². The molecule has 1 heterocycles. The Bertz CT molecular complexity index is 490. The van der Waals surface area contributed by atoms with Gasteiger partial charge in [0.25, 0.3) is 0 Å². The molecular weight excluding hydrogens is 280 g/mol. The van der Waals surface area contributed by atoms with Gasteiger partial charge in [-0.3, -0.25) is 9.59 Å². The van der Waals surface area contributed by atoms with Crippen LogP contribution in [0.3, 0.4) is 0 Å². The highest BCUT2D eigenvalue weighted by atomic mass is 35.5. The van der Waals surface area contributed by atoms with E-state index in [9.17, 15) is 14.7 Å². The van der Waals surface area contributed by atoms with Gasteiger partial charge in [-0.05, 0) is 24.1 Å². The Kier molecular flexibility index (Phi) is 4.98. The van der Waals surface area contributed by atoms with Crippen LogP contribution in [0.4, 0.5) is 0 Å². The van der Waals surface area contributed by atoms with Crippen LogP contribution in [0.1, 0.15) is 24.4 Å². The number of hydrogen-bond acceptors (Lipinski definition) is 3. The van der Waals surface area contributed by atoms with Gasteiger partial charge in [0, 0.05) is 23.9 Å². The lowest BCUT2D eigenvalue weighted by atomic mass is 9.96. The van der Waals surface area contributed by atoms with Gasteiger partial charge in [-0.25, -0.2) is 0 Å². The lowest BCUT2D eigenvalue weighted by Gasteiger charge is -2.24. The minimum atomic E-state index is -0.482.